The van der Waals surface area contributed by atoms with Crippen molar-refractivity contribution in [1.82, 2.24) is 5.32 Å². The summed E-state index contributed by atoms with van der Waals surface area (Å²) >= 11 is 0. The summed E-state index contributed by atoms with van der Waals surface area (Å²) in [5.74, 6) is 0.279. The van der Waals surface area contributed by atoms with E-state index in [-0.39, 0.29) is 11.7 Å². The Bertz CT molecular complexity index is 482. The predicted octanol–water partition coefficient (Wildman–Crippen LogP) is 3.77. The second-order valence-electron chi connectivity index (χ2n) is 6.13. The molecule has 4 nitrogen and oxygen atoms in total. The van der Waals surface area contributed by atoms with Gasteiger partial charge in [0.25, 0.3) is 0 Å². The number of carbonyl (C=O) groups is 1. The Hall–Kier alpha value is -1.84. The van der Waals surface area contributed by atoms with Crippen LogP contribution in [0.1, 0.15) is 69.9 Å². The zero-order chi connectivity index (χ0) is 17.1. The number of hydrogen-bond donors (Lipinski definition) is 3. The topological polar surface area (TPSA) is 79.0 Å². The lowest BCUT2D eigenvalue weighted by atomic mass is 10.0. The van der Waals surface area contributed by atoms with Gasteiger partial charge in [0.1, 0.15) is 5.84 Å². The van der Waals surface area contributed by atoms with Crippen LogP contribution in [0.4, 0.5) is 0 Å². The Kier molecular flexibility index (Phi) is 9.03. The Morgan fingerprint density at radius 1 is 1.17 bits per heavy atom. The number of rotatable bonds is 11. The maximum absolute atomic E-state index is 12.0. The normalized spacial score (nSPS) is 11.9. The lowest BCUT2D eigenvalue weighted by molar-refractivity contribution is -0.122. The van der Waals surface area contributed by atoms with Gasteiger partial charge >= 0.3 is 0 Å². The molecule has 1 aromatic carbocycles. The smallest absolute Gasteiger partial charge is 0.220 e. The number of carbonyl (C=O) groups excluding carboxylic acids is 1. The minimum atomic E-state index is 0.0989. The first-order valence-corrected chi connectivity index (χ1v) is 8.79. The van der Waals surface area contributed by atoms with Gasteiger partial charge in [-0.05, 0) is 37.7 Å². The standard InChI is InChI=1S/C19H31N3O/c1-3-5-9-17(4-2)22-18(23)10-7-6-8-15-11-13-16(14-12-15)19(20)21/h11-14,17H,3-10H2,1-2H3,(H3,20,21)(H,22,23). The van der Waals surface area contributed by atoms with E-state index in [9.17, 15) is 4.79 Å². The van der Waals surface area contributed by atoms with Gasteiger partial charge < -0.3 is 11.1 Å². The number of nitrogens with two attached hydrogens (primary N) is 1. The highest BCUT2D eigenvalue weighted by Crippen LogP contribution is 2.10. The van der Waals surface area contributed by atoms with E-state index in [4.69, 9.17) is 11.1 Å². The Balaban J connectivity index is 2.23. The van der Waals surface area contributed by atoms with Crippen LogP contribution in [0.3, 0.4) is 0 Å². The number of amidine groups is 1. The molecule has 1 rings (SSSR count). The molecule has 0 aromatic heterocycles. The lowest BCUT2D eigenvalue weighted by Gasteiger charge is -2.16. The van der Waals surface area contributed by atoms with Gasteiger partial charge in [0.05, 0.1) is 0 Å². The molecule has 4 heteroatoms. The summed E-state index contributed by atoms with van der Waals surface area (Å²) in [6.45, 7) is 4.31. The summed E-state index contributed by atoms with van der Waals surface area (Å²) in [5, 5.41) is 10.5. The third-order valence-corrected chi connectivity index (χ3v) is 4.15. The van der Waals surface area contributed by atoms with Crippen molar-refractivity contribution in [3.05, 3.63) is 35.4 Å². The predicted molar refractivity (Wildman–Crippen MR) is 96.8 cm³/mol. The van der Waals surface area contributed by atoms with Crippen molar-refractivity contribution < 1.29 is 4.79 Å². The first-order chi connectivity index (χ1) is 11.1. The highest BCUT2D eigenvalue weighted by Gasteiger charge is 2.09. The molecule has 0 saturated carbocycles. The number of nitrogens with one attached hydrogen (secondary N) is 2. The molecule has 1 aromatic rings. The number of aryl methyl sites for hydroxylation is 1. The first kappa shape index (κ1) is 19.2. The quantitative estimate of drug-likeness (QED) is 0.330. The van der Waals surface area contributed by atoms with Gasteiger partial charge in [0, 0.05) is 18.0 Å². The van der Waals surface area contributed by atoms with E-state index in [0.717, 1.165) is 37.7 Å². The van der Waals surface area contributed by atoms with E-state index in [1.807, 2.05) is 24.3 Å². The molecule has 0 fully saturated rings. The molecule has 0 spiro atoms. The zero-order valence-corrected chi connectivity index (χ0v) is 14.5. The average molecular weight is 317 g/mol. The summed E-state index contributed by atoms with van der Waals surface area (Å²) < 4.78 is 0. The number of nitrogen functional groups attached to an aromatic ring is 1. The van der Waals surface area contributed by atoms with Crippen molar-refractivity contribution in [2.24, 2.45) is 5.73 Å². The molecule has 1 amide bonds. The maximum Gasteiger partial charge on any atom is 0.220 e. The van der Waals surface area contributed by atoms with Crippen LogP contribution in [0.2, 0.25) is 0 Å². The number of amides is 1. The molecule has 0 radical (unpaired) electrons. The minimum Gasteiger partial charge on any atom is -0.384 e. The molecule has 0 heterocycles. The van der Waals surface area contributed by atoms with Crippen LogP contribution in [-0.2, 0) is 11.2 Å². The number of unbranched alkanes of at least 4 members (excludes halogenated alkanes) is 2. The van der Waals surface area contributed by atoms with Crippen LogP contribution in [0.5, 0.6) is 0 Å². The van der Waals surface area contributed by atoms with Gasteiger partial charge in [0.15, 0.2) is 0 Å². The van der Waals surface area contributed by atoms with Crippen molar-refractivity contribution in [2.75, 3.05) is 0 Å². The van der Waals surface area contributed by atoms with Gasteiger partial charge in [0.2, 0.25) is 5.91 Å². The largest absolute Gasteiger partial charge is 0.384 e. The second-order valence-corrected chi connectivity index (χ2v) is 6.13. The fourth-order valence-electron chi connectivity index (χ4n) is 2.59. The van der Waals surface area contributed by atoms with E-state index in [0.29, 0.717) is 12.5 Å². The van der Waals surface area contributed by atoms with E-state index < -0.39 is 0 Å². The molecule has 4 N–H and O–H groups in total. The van der Waals surface area contributed by atoms with Gasteiger partial charge in [-0.3, -0.25) is 10.2 Å². The molecule has 23 heavy (non-hydrogen) atoms. The Morgan fingerprint density at radius 3 is 2.43 bits per heavy atom. The average Bonchev–Trinajstić information content (AvgIpc) is 2.55. The molecule has 0 aliphatic rings. The molecule has 1 unspecified atom stereocenters. The van der Waals surface area contributed by atoms with Gasteiger partial charge in [-0.25, -0.2) is 0 Å². The van der Waals surface area contributed by atoms with Crippen LogP contribution in [-0.4, -0.2) is 17.8 Å². The van der Waals surface area contributed by atoms with Gasteiger partial charge in [-0.2, -0.15) is 0 Å². The third kappa shape index (κ3) is 7.82. The fourth-order valence-corrected chi connectivity index (χ4v) is 2.59. The van der Waals surface area contributed by atoms with Crippen molar-refractivity contribution in [2.45, 2.75) is 71.3 Å². The monoisotopic (exact) mass is 317 g/mol. The lowest BCUT2D eigenvalue weighted by Crippen LogP contribution is -2.34. The molecule has 0 aliphatic carbocycles. The molecule has 0 bridgehead atoms. The highest BCUT2D eigenvalue weighted by atomic mass is 16.1. The molecule has 128 valence electrons. The number of benzene rings is 1. The van der Waals surface area contributed by atoms with E-state index in [2.05, 4.69) is 19.2 Å². The Labute approximate surface area is 140 Å². The van der Waals surface area contributed by atoms with Crippen molar-refractivity contribution in [1.29, 1.82) is 5.41 Å². The van der Waals surface area contributed by atoms with Crippen LogP contribution >= 0.6 is 0 Å². The summed E-state index contributed by atoms with van der Waals surface area (Å²) in [5.41, 5.74) is 7.42. The molecule has 1 atom stereocenters. The molecular formula is C19H31N3O. The van der Waals surface area contributed by atoms with E-state index in [1.54, 1.807) is 0 Å². The van der Waals surface area contributed by atoms with Crippen LogP contribution < -0.4 is 11.1 Å². The van der Waals surface area contributed by atoms with Crippen molar-refractivity contribution >= 4 is 11.7 Å². The van der Waals surface area contributed by atoms with Gasteiger partial charge in [-0.15, -0.1) is 0 Å². The minimum absolute atomic E-state index is 0.0989. The first-order valence-electron chi connectivity index (χ1n) is 8.79. The fraction of sp³-hybridized carbons (Fsp3) is 0.579. The summed E-state index contributed by atoms with van der Waals surface area (Å²) in [6, 6.07) is 8.11. The van der Waals surface area contributed by atoms with E-state index >= 15 is 0 Å². The summed E-state index contributed by atoms with van der Waals surface area (Å²) in [4.78, 5) is 12.0. The van der Waals surface area contributed by atoms with Crippen LogP contribution in [0, 0.1) is 5.41 Å². The summed E-state index contributed by atoms with van der Waals surface area (Å²) in [6.07, 6.45) is 7.91. The zero-order valence-electron chi connectivity index (χ0n) is 14.5. The van der Waals surface area contributed by atoms with Crippen LogP contribution in [0.25, 0.3) is 0 Å². The van der Waals surface area contributed by atoms with E-state index in [1.165, 1.54) is 18.4 Å². The van der Waals surface area contributed by atoms with Gasteiger partial charge in [-0.1, -0.05) is 51.0 Å². The summed E-state index contributed by atoms with van der Waals surface area (Å²) in [7, 11) is 0. The SMILES string of the molecule is CCCCC(CC)NC(=O)CCCCc1ccc(C(=N)N)cc1. The molecule has 0 saturated heterocycles. The Morgan fingerprint density at radius 2 is 1.87 bits per heavy atom. The molecule has 0 aliphatic heterocycles. The maximum atomic E-state index is 12.0. The number of hydrogen-bond acceptors (Lipinski definition) is 2. The van der Waals surface area contributed by atoms with Crippen LogP contribution in [0.15, 0.2) is 24.3 Å². The second kappa shape index (κ2) is 10.8. The van der Waals surface area contributed by atoms with Crippen molar-refractivity contribution in [3.63, 3.8) is 0 Å². The van der Waals surface area contributed by atoms with Crippen molar-refractivity contribution in [3.8, 4) is 0 Å². The third-order valence-electron chi connectivity index (χ3n) is 4.15. The molecular weight excluding hydrogens is 286 g/mol. The highest BCUT2D eigenvalue weighted by molar-refractivity contribution is 5.94.